The predicted octanol–water partition coefficient (Wildman–Crippen LogP) is 12.8. The lowest BCUT2D eigenvalue weighted by Gasteiger charge is -2.37. The molecule has 0 spiro atoms. The summed E-state index contributed by atoms with van der Waals surface area (Å²) in [6.07, 6.45) is 9.86. The van der Waals surface area contributed by atoms with Crippen LogP contribution in [0.2, 0.25) is 0 Å². The molecule has 20 heteroatoms. The van der Waals surface area contributed by atoms with Crippen LogP contribution >= 0.6 is 7.82 Å². The van der Waals surface area contributed by atoms with Crippen molar-refractivity contribution in [3.63, 3.8) is 0 Å². The summed E-state index contributed by atoms with van der Waals surface area (Å²) in [5, 5.41) is 1.34. The summed E-state index contributed by atoms with van der Waals surface area (Å²) in [5.74, 6) is 1.45. The number of rotatable bonds is 21. The highest BCUT2D eigenvalue weighted by Crippen LogP contribution is 2.58. The van der Waals surface area contributed by atoms with Crippen molar-refractivity contribution >= 4 is 40.9 Å². The molecule has 0 atom stereocenters. The van der Waals surface area contributed by atoms with Gasteiger partial charge in [0.2, 0.25) is 0 Å². The quantitative estimate of drug-likeness (QED) is 0.0570. The van der Waals surface area contributed by atoms with Crippen LogP contribution in [-0.2, 0) is 18.1 Å². The van der Waals surface area contributed by atoms with E-state index in [0.717, 1.165) is 33.8 Å². The molecular formula is C66H60N9O10P. The van der Waals surface area contributed by atoms with Crippen molar-refractivity contribution in [1.82, 2.24) is 43.6 Å². The minimum Gasteiger partial charge on any atom is -0.491 e. The zero-order valence-electron chi connectivity index (χ0n) is 47.9. The minimum absolute atomic E-state index is 0.0928. The second kappa shape index (κ2) is 22.9. The van der Waals surface area contributed by atoms with Crippen LogP contribution in [0.5, 0.6) is 17.2 Å². The van der Waals surface area contributed by atoms with E-state index >= 15 is 4.57 Å². The maximum atomic E-state index is 15.5. The van der Waals surface area contributed by atoms with Crippen LogP contribution in [0, 0.1) is 0 Å². The molecule has 0 aliphatic heterocycles. The van der Waals surface area contributed by atoms with Crippen molar-refractivity contribution in [1.29, 1.82) is 0 Å². The van der Waals surface area contributed by atoms with E-state index in [9.17, 15) is 14.4 Å². The monoisotopic (exact) mass is 1170 g/mol. The molecule has 0 amide bonds. The fourth-order valence-electron chi connectivity index (χ4n) is 10.2. The number of aromatic nitrogens is 9. The van der Waals surface area contributed by atoms with Crippen molar-refractivity contribution < 1.29 is 32.3 Å². The average molecular weight is 1170 g/mol. The lowest BCUT2D eigenvalue weighted by molar-refractivity contribution is -0.0687. The molecule has 12 aromatic rings. The van der Waals surface area contributed by atoms with Gasteiger partial charge in [0, 0.05) is 52.3 Å². The number of aromatic amines is 3. The lowest BCUT2D eigenvalue weighted by atomic mass is 10.1. The predicted molar refractivity (Wildman–Crippen MR) is 331 cm³/mol. The van der Waals surface area contributed by atoms with E-state index < -0.39 is 24.6 Å². The number of phosphoric acid groups is 1. The Morgan fingerprint density at radius 1 is 0.384 bits per heavy atom. The first-order valence-electron chi connectivity index (χ1n) is 27.7. The van der Waals surface area contributed by atoms with E-state index in [1.807, 2.05) is 160 Å². The zero-order chi connectivity index (χ0) is 59.8. The standard InChI is InChI=1S/C66H60N9O10P/c1-64(2,37-80-49-28-22-43(23-29-49)52-34-73(46-16-10-7-11-17-46)58-55(52)61(76)70-40-67-58)83-86(79,84-65(3,4)38-81-50-30-24-44(25-31-50)53-35-74(47-18-12-8-13-19-47)59-56(53)62(77)71-41-68-59)85-66(5,6)39-82-51-32-26-45(27-33-51)54-36-75(48-20-14-9-15-21-48)60-57(54)63(78)72-42-69-60/h7-36,40-42H,37-39H2,1-6H3,(H,67,70,76)(H,68,71,77)(H,69,72,78). The molecule has 19 nitrogen and oxygen atoms in total. The fraction of sp³-hybridized carbons (Fsp3) is 0.182. The van der Waals surface area contributed by atoms with Gasteiger partial charge in [-0.25, -0.2) is 19.5 Å². The SMILES string of the molecule is CC(C)(COc1ccc(-c2cn(-c3ccccc3)c3nc[nH]c(=O)c23)cc1)OP(=O)(OC(C)(C)COc1ccc(-c2cn(-c3ccccc3)c3nc[nH]c(=O)c23)cc1)OC(C)(C)COc1ccc(-c2cn(-c3ccccc3)c3nc[nH]c(=O)c23)cc1. The lowest BCUT2D eigenvalue weighted by Crippen LogP contribution is -2.39. The van der Waals surface area contributed by atoms with Gasteiger partial charge in [-0.05, 0) is 131 Å². The Balaban J connectivity index is 0.767. The highest BCUT2D eigenvalue weighted by Gasteiger charge is 2.45. The minimum atomic E-state index is -4.61. The third-order valence-electron chi connectivity index (χ3n) is 14.2. The Labute approximate surface area is 493 Å². The molecule has 0 aliphatic rings. The Hall–Kier alpha value is -9.91. The van der Waals surface area contributed by atoms with Gasteiger partial charge in [0.05, 0.1) is 35.1 Å². The van der Waals surface area contributed by atoms with Crippen molar-refractivity contribution in [2.24, 2.45) is 0 Å². The van der Waals surface area contributed by atoms with Gasteiger partial charge in [-0.3, -0.25) is 28.0 Å². The third-order valence-corrected chi connectivity index (χ3v) is 16.4. The Bertz CT molecular complexity index is 4160. The largest absolute Gasteiger partial charge is 0.491 e. The van der Waals surface area contributed by atoms with Gasteiger partial charge in [-0.2, -0.15) is 0 Å². The normalized spacial score (nSPS) is 12.3. The molecule has 86 heavy (non-hydrogen) atoms. The van der Waals surface area contributed by atoms with Crippen LogP contribution in [-0.4, -0.2) is 80.2 Å². The molecule has 0 saturated carbocycles. The van der Waals surface area contributed by atoms with Crippen molar-refractivity contribution in [2.45, 2.75) is 58.3 Å². The molecule has 6 aromatic carbocycles. The molecule has 6 heterocycles. The summed E-state index contributed by atoms with van der Waals surface area (Å²) in [6.45, 7) is 10.0. The average Bonchev–Trinajstić information content (AvgIpc) is 2.07. The smallest absolute Gasteiger partial charge is 0.476 e. The number of hydrogen-bond donors (Lipinski definition) is 3. The van der Waals surface area contributed by atoms with Gasteiger partial charge in [-0.15, -0.1) is 0 Å². The van der Waals surface area contributed by atoms with Crippen molar-refractivity contribution in [3.05, 3.63) is 232 Å². The summed E-state index contributed by atoms with van der Waals surface area (Å²) < 4.78 is 59.5. The maximum absolute atomic E-state index is 15.5. The molecule has 0 fully saturated rings. The summed E-state index contributed by atoms with van der Waals surface area (Å²) >= 11 is 0. The first-order valence-corrected chi connectivity index (χ1v) is 29.2. The first-order chi connectivity index (χ1) is 41.4. The summed E-state index contributed by atoms with van der Waals surface area (Å²) in [7, 11) is -4.61. The molecule has 6 aromatic heterocycles. The van der Waals surface area contributed by atoms with Gasteiger partial charge >= 0.3 is 7.82 Å². The zero-order valence-corrected chi connectivity index (χ0v) is 48.8. The topological polar surface area (TPSA) is 224 Å². The number of phosphoric ester groups is 1. The number of para-hydroxylation sites is 3. The fourth-order valence-corrected chi connectivity index (χ4v) is 12.3. The summed E-state index contributed by atoms with van der Waals surface area (Å²) in [6, 6.07) is 50.9. The van der Waals surface area contributed by atoms with E-state index in [1.54, 1.807) is 77.9 Å². The van der Waals surface area contributed by atoms with Gasteiger partial charge in [0.1, 0.15) is 53.9 Å². The summed E-state index contributed by atoms with van der Waals surface area (Å²) in [4.78, 5) is 61.3. The highest BCUT2D eigenvalue weighted by molar-refractivity contribution is 7.48. The van der Waals surface area contributed by atoms with Crippen LogP contribution in [0.25, 0.3) is 83.5 Å². The first kappa shape index (κ1) is 56.6. The molecule has 12 rings (SSSR count). The van der Waals surface area contributed by atoms with Crippen molar-refractivity contribution in [2.75, 3.05) is 19.8 Å². The third kappa shape index (κ3) is 11.9. The second-order valence-corrected chi connectivity index (χ2v) is 23.9. The Kier molecular flexibility index (Phi) is 15.1. The molecule has 0 saturated heterocycles. The number of hydrogen-bond acceptors (Lipinski definition) is 13. The number of nitrogens with one attached hydrogen (secondary N) is 3. The van der Waals surface area contributed by atoms with E-state index in [2.05, 4.69) is 29.9 Å². The van der Waals surface area contributed by atoms with Crippen LogP contribution in [0.15, 0.2) is 216 Å². The number of benzene rings is 6. The molecule has 0 bridgehead atoms. The van der Waals surface area contributed by atoms with Crippen LogP contribution in [0.4, 0.5) is 0 Å². The molecule has 0 unspecified atom stereocenters. The number of fused-ring (bicyclic) bond motifs is 3. The molecular weight excluding hydrogens is 1110 g/mol. The Morgan fingerprint density at radius 2 is 0.640 bits per heavy atom. The van der Waals surface area contributed by atoms with Gasteiger partial charge in [0.25, 0.3) is 16.7 Å². The number of nitrogens with zero attached hydrogens (tertiary/aromatic N) is 6. The number of ether oxygens (including phenoxy) is 3. The van der Waals surface area contributed by atoms with Crippen molar-refractivity contribution in [3.8, 4) is 67.7 Å². The molecule has 0 aliphatic carbocycles. The van der Waals surface area contributed by atoms with Crippen LogP contribution in [0.3, 0.4) is 0 Å². The highest BCUT2D eigenvalue weighted by atomic mass is 31.2. The Morgan fingerprint density at radius 3 is 0.895 bits per heavy atom. The molecule has 3 N–H and O–H groups in total. The van der Waals surface area contributed by atoms with Gasteiger partial charge < -0.3 is 42.9 Å². The second-order valence-electron chi connectivity index (χ2n) is 22.5. The van der Waals surface area contributed by atoms with Gasteiger partial charge in [-0.1, -0.05) is 91.0 Å². The molecule has 434 valence electrons. The summed E-state index contributed by atoms with van der Waals surface area (Å²) in [5.41, 5.74) is 3.81. The van der Waals surface area contributed by atoms with E-state index in [1.165, 1.54) is 19.0 Å². The number of H-pyrrole nitrogens is 3. The van der Waals surface area contributed by atoms with E-state index in [4.69, 9.17) is 27.8 Å². The van der Waals surface area contributed by atoms with Gasteiger partial charge in [0.15, 0.2) is 16.9 Å². The van der Waals surface area contributed by atoms with Crippen LogP contribution in [0.1, 0.15) is 41.5 Å². The maximum Gasteiger partial charge on any atom is 0.476 e. The molecule has 0 radical (unpaired) electrons. The van der Waals surface area contributed by atoms with Crippen LogP contribution < -0.4 is 30.9 Å². The van der Waals surface area contributed by atoms with E-state index in [-0.39, 0.29) is 36.5 Å². The van der Waals surface area contributed by atoms with E-state index in [0.29, 0.717) is 67.0 Å².